The topological polar surface area (TPSA) is 64.4 Å². The highest BCUT2D eigenvalue weighted by Crippen LogP contribution is 2.24. The van der Waals surface area contributed by atoms with Crippen molar-refractivity contribution >= 4 is 11.6 Å². The molecule has 1 aromatic carbocycles. The Morgan fingerprint density at radius 3 is 2.67 bits per heavy atom. The molecule has 0 spiro atoms. The van der Waals surface area contributed by atoms with E-state index in [-0.39, 0.29) is 11.3 Å². The summed E-state index contributed by atoms with van der Waals surface area (Å²) in [5.41, 5.74) is 6.98. The van der Waals surface area contributed by atoms with Crippen molar-refractivity contribution < 1.29 is 9.53 Å². The molecule has 4 heteroatoms. The third-order valence-corrected chi connectivity index (χ3v) is 3.68. The van der Waals surface area contributed by atoms with Gasteiger partial charge >= 0.3 is 0 Å². The van der Waals surface area contributed by atoms with Gasteiger partial charge in [0.05, 0.1) is 12.8 Å². The minimum Gasteiger partial charge on any atom is -0.495 e. The molecule has 0 unspecified atom stereocenters. The van der Waals surface area contributed by atoms with Gasteiger partial charge in [-0.3, -0.25) is 4.79 Å². The van der Waals surface area contributed by atoms with Crippen molar-refractivity contribution in [3.05, 3.63) is 23.8 Å². The molecule has 0 fully saturated rings. The van der Waals surface area contributed by atoms with Crippen LogP contribution < -0.4 is 15.8 Å². The highest BCUT2D eigenvalue weighted by Gasteiger charge is 2.19. The second-order valence-corrected chi connectivity index (χ2v) is 6.26. The van der Waals surface area contributed by atoms with Crippen molar-refractivity contribution in [2.45, 2.75) is 46.5 Å². The normalized spacial score (nSPS) is 11.2. The van der Waals surface area contributed by atoms with Crippen LogP contribution in [-0.4, -0.2) is 19.6 Å². The molecule has 1 rings (SSSR count). The standard InChI is InChI=1S/C17H28N2O2/c1-5-6-7-10-17(2,3)12-19-16(20)13-8-9-14(18)15(11-13)21-4/h8-9,11H,5-7,10,12,18H2,1-4H3,(H,19,20). The Hall–Kier alpha value is -1.71. The summed E-state index contributed by atoms with van der Waals surface area (Å²) in [5, 5.41) is 3.00. The lowest BCUT2D eigenvalue weighted by Gasteiger charge is -2.25. The number of nitrogens with one attached hydrogen (secondary N) is 1. The number of ether oxygens (including phenoxy) is 1. The summed E-state index contributed by atoms with van der Waals surface area (Å²) in [6.45, 7) is 7.24. The maximum atomic E-state index is 12.2. The summed E-state index contributed by atoms with van der Waals surface area (Å²) in [6, 6.07) is 5.09. The summed E-state index contributed by atoms with van der Waals surface area (Å²) in [5.74, 6) is 0.446. The first-order valence-electron chi connectivity index (χ1n) is 7.61. The number of rotatable bonds is 8. The lowest BCUT2D eigenvalue weighted by molar-refractivity contribution is 0.0933. The van der Waals surface area contributed by atoms with Crippen molar-refractivity contribution in [3.8, 4) is 5.75 Å². The fourth-order valence-electron chi connectivity index (χ4n) is 2.22. The smallest absolute Gasteiger partial charge is 0.251 e. The molecule has 1 aromatic rings. The van der Waals surface area contributed by atoms with Crippen LogP contribution >= 0.6 is 0 Å². The number of amides is 1. The Kier molecular flexibility index (Phi) is 6.53. The number of benzene rings is 1. The van der Waals surface area contributed by atoms with Gasteiger partial charge in [-0.2, -0.15) is 0 Å². The first-order chi connectivity index (χ1) is 9.89. The van der Waals surface area contributed by atoms with Crippen LogP contribution in [0, 0.1) is 5.41 Å². The fraction of sp³-hybridized carbons (Fsp3) is 0.588. The van der Waals surface area contributed by atoms with Gasteiger partial charge in [0.25, 0.3) is 5.91 Å². The van der Waals surface area contributed by atoms with Gasteiger partial charge in [0.2, 0.25) is 0 Å². The Labute approximate surface area is 128 Å². The number of carbonyl (C=O) groups excluding carboxylic acids is 1. The number of methoxy groups -OCH3 is 1. The van der Waals surface area contributed by atoms with Crippen LogP contribution in [0.4, 0.5) is 5.69 Å². The Bertz CT molecular complexity index is 470. The molecule has 0 aliphatic heterocycles. The highest BCUT2D eigenvalue weighted by molar-refractivity contribution is 5.95. The lowest BCUT2D eigenvalue weighted by Crippen LogP contribution is -2.34. The third-order valence-electron chi connectivity index (χ3n) is 3.68. The van der Waals surface area contributed by atoms with Gasteiger partial charge in [-0.05, 0) is 30.0 Å². The van der Waals surface area contributed by atoms with Gasteiger partial charge in [-0.25, -0.2) is 0 Å². The molecule has 0 saturated carbocycles. The Morgan fingerprint density at radius 2 is 2.05 bits per heavy atom. The lowest BCUT2D eigenvalue weighted by atomic mass is 9.87. The first kappa shape index (κ1) is 17.3. The van der Waals surface area contributed by atoms with E-state index in [0.29, 0.717) is 23.5 Å². The summed E-state index contributed by atoms with van der Waals surface area (Å²) >= 11 is 0. The summed E-state index contributed by atoms with van der Waals surface area (Å²) in [4.78, 5) is 12.2. The van der Waals surface area contributed by atoms with Crippen LogP contribution in [0.5, 0.6) is 5.75 Å². The molecule has 1 amide bonds. The largest absolute Gasteiger partial charge is 0.495 e. The number of hydrogen-bond donors (Lipinski definition) is 2. The predicted octanol–water partition coefficient (Wildman–Crippen LogP) is 3.61. The maximum Gasteiger partial charge on any atom is 0.251 e. The zero-order chi connectivity index (χ0) is 15.9. The molecule has 118 valence electrons. The molecule has 0 aliphatic carbocycles. The predicted molar refractivity (Wildman–Crippen MR) is 87.7 cm³/mol. The molecule has 0 radical (unpaired) electrons. The number of hydrogen-bond acceptors (Lipinski definition) is 3. The quantitative estimate of drug-likeness (QED) is 0.568. The zero-order valence-corrected chi connectivity index (χ0v) is 13.7. The van der Waals surface area contributed by atoms with Crippen LogP contribution in [0.15, 0.2) is 18.2 Å². The van der Waals surface area contributed by atoms with Crippen LogP contribution in [0.2, 0.25) is 0 Å². The molecule has 0 aliphatic rings. The van der Waals surface area contributed by atoms with Gasteiger partial charge in [0.1, 0.15) is 5.75 Å². The van der Waals surface area contributed by atoms with E-state index >= 15 is 0 Å². The molecule has 0 saturated heterocycles. The Morgan fingerprint density at radius 1 is 1.33 bits per heavy atom. The average molecular weight is 292 g/mol. The van der Waals surface area contributed by atoms with E-state index in [2.05, 4.69) is 26.1 Å². The van der Waals surface area contributed by atoms with Gasteiger partial charge in [-0.15, -0.1) is 0 Å². The molecule has 21 heavy (non-hydrogen) atoms. The maximum absolute atomic E-state index is 12.2. The summed E-state index contributed by atoms with van der Waals surface area (Å²) < 4.78 is 5.14. The SMILES string of the molecule is CCCCCC(C)(C)CNC(=O)c1ccc(N)c(OC)c1. The number of carbonyl (C=O) groups is 1. The monoisotopic (exact) mass is 292 g/mol. The van der Waals surface area contributed by atoms with Crippen LogP contribution in [0.3, 0.4) is 0 Å². The third kappa shape index (κ3) is 5.66. The number of unbranched alkanes of at least 4 members (excludes halogenated alkanes) is 2. The van der Waals surface area contributed by atoms with Gasteiger partial charge in [0, 0.05) is 12.1 Å². The molecule has 3 N–H and O–H groups in total. The second-order valence-electron chi connectivity index (χ2n) is 6.26. The van der Waals surface area contributed by atoms with Crippen molar-refractivity contribution in [3.63, 3.8) is 0 Å². The molecule has 0 aromatic heterocycles. The van der Waals surface area contributed by atoms with Crippen LogP contribution in [0.1, 0.15) is 56.8 Å². The van der Waals surface area contributed by atoms with Crippen molar-refractivity contribution in [1.29, 1.82) is 0 Å². The molecule has 4 nitrogen and oxygen atoms in total. The molecule has 0 heterocycles. The van der Waals surface area contributed by atoms with E-state index in [0.717, 1.165) is 6.42 Å². The van der Waals surface area contributed by atoms with Crippen molar-refractivity contribution in [2.24, 2.45) is 5.41 Å². The molecular formula is C17H28N2O2. The van der Waals surface area contributed by atoms with E-state index in [1.807, 2.05) is 0 Å². The summed E-state index contributed by atoms with van der Waals surface area (Å²) in [7, 11) is 1.55. The van der Waals surface area contributed by atoms with Crippen LogP contribution in [-0.2, 0) is 0 Å². The van der Waals surface area contributed by atoms with Crippen molar-refractivity contribution in [2.75, 3.05) is 19.4 Å². The highest BCUT2D eigenvalue weighted by atomic mass is 16.5. The minimum absolute atomic E-state index is 0.0862. The van der Waals surface area contributed by atoms with Gasteiger partial charge in [-0.1, -0.05) is 40.0 Å². The first-order valence-corrected chi connectivity index (χ1v) is 7.61. The van der Waals surface area contributed by atoms with Crippen LogP contribution in [0.25, 0.3) is 0 Å². The van der Waals surface area contributed by atoms with E-state index in [1.54, 1.807) is 25.3 Å². The number of anilines is 1. The van der Waals surface area contributed by atoms with Gasteiger partial charge in [0.15, 0.2) is 0 Å². The zero-order valence-electron chi connectivity index (χ0n) is 13.7. The van der Waals surface area contributed by atoms with E-state index in [9.17, 15) is 4.79 Å². The average Bonchev–Trinajstić information content (AvgIpc) is 2.45. The summed E-state index contributed by atoms with van der Waals surface area (Å²) in [6.07, 6.45) is 4.78. The number of nitrogens with two attached hydrogens (primary N) is 1. The van der Waals surface area contributed by atoms with E-state index < -0.39 is 0 Å². The van der Waals surface area contributed by atoms with Gasteiger partial charge < -0.3 is 15.8 Å². The van der Waals surface area contributed by atoms with E-state index in [1.165, 1.54) is 19.3 Å². The molecule has 0 atom stereocenters. The minimum atomic E-state index is -0.0862. The van der Waals surface area contributed by atoms with E-state index in [4.69, 9.17) is 10.5 Å². The number of nitrogen functional groups attached to an aromatic ring is 1. The Balaban J connectivity index is 2.57. The fourth-order valence-corrected chi connectivity index (χ4v) is 2.22. The second kappa shape index (κ2) is 7.91. The van der Waals surface area contributed by atoms with Crippen molar-refractivity contribution in [1.82, 2.24) is 5.32 Å². The molecule has 0 bridgehead atoms. The molecular weight excluding hydrogens is 264 g/mol.